The van der Waals surface area contributed by atoms with Crippen LogP contribution in [0.1, 0.15) is 22.7 Å². The maximum Gasteiger partial charge on any atom is 0.195 e. The lowest BCUT2D eigenvalue weighted by atomic mass is 9.98. The first-order chi connectivity index (χ1) is 12.5. The van der Waals surface area contributed by atoms with Gasteiger partial charge < -0.3 is 21.7 Å². The fourth-order valence-corrected chi connectivity index (χ4v) is 2.80. The van der Waals surface area contributed by atoms with Gasteiger partial charge in [-0.05, 0) is 54.8 Å². The molecule has 0 bridgehead atoms. The third-order valence-electron chi connectivity index (χ3n) is 4.14. The maximum atomic E-state index is 13.7. The Bertz CT molecular complexity index is 831. The molecule has 1 aromatic heterocycles. The normalized spacial score (nSPS) is 16.3. The van der Waals surface area contributed by atoms with Gasteiger partial charge in [-0.2, -0.15) is 0 Å². The molecular weight excluding hydrogens is 331 g/mol. The van der Waals surface area contributed by atoms with Gasteiger partial charge in [0.25, 0.3) is 0 Å². The number of guanidine groups is 1. The number of halogens is 1. The topological polar surface area (TPSA) is 87.4 Å². The molecule has 0 aliphatic carbocycles. The van der Waals surface area contributed by atoms with E-state index in [4.69, 9.17) is 5.73 Å². The number of aliphatic imine (C=N–C) groups is 1. The molecule has 136 valence electrons. The van der Waals surface area contributed by atoms with Crippen LogP contribution in [-0.4, -0.2) is 24.0 Å². The number of rotatable bonds is 6. The Kier molecular flexibility index (Phi) is 5.36. The van der Waals surface area contributed by atoms with Crippen molar-refractivity contribution < 1.29 is 4.39 Å². The molecular formula is C19H23FN6. The van der Waals surface area contributed by atoms with Gasteiger partial charge in [-0.15, -0.1) is 0 Å². The van der Waals surface area contributed by atoms with Gasteiger partial charge in [0.05, 0.1) is 0 Å². The number of aryl methyl sites for hydroxylation is 2. The fourth-order valence-electron chi connectivity index (χ4n) is 2.80. The summed E-state index contributed by atoms with van der Waals surface area (Å²) >= 11 is 0. The first kappa shape index (κ1) is 17.7. The van der Waals surface area contributed by atoms with Crippen LogP contribution in [0.15, 0.2) is 53.4 Å². The zero-order valence-electron chi connectivity index (χ0n) is 14.9. The minimum atomic E-state index is -0.248. The van der Waals surface area contributed by atoms with E-state index in [2.05, 4.69) is 25.9 Å². The van der Waals surface area contributed by atoms with Crippen molar-refractivity contribution in [1.29, 1.82) is 0 Å². The highest BCUT2D eigenvalue weighted by atomic mass is 19.1. The quantitative estimate of drug-likeness (QED) is 0.598. The highest BCUT2D eigenvalue weighted by Crippen LogP contribution is 2.27. The number of hydrogen-bond donors (Lipinski definition) is 4. The van der Waals surface area contributed by atoms with Crippen molar-refractivity contribution in [1.82, 2.24) is 15.6 Å². The molecule has 0 saturated carbocycles. The van der Waals surface area contributed by atoms with E-state index in [0.29, 0.717) is 24.6 Å². The number of hydrogen-bond acceptors (Lipinski definition) is 6. The number of anilines is 1. The number of pyridine rings is 1. The molecule has 0 fully saturated rings. The Hall–Kier alpha value is -3.09. The molecule has 1 unspecified atom stereocenters. The molecule has 0 spiro atoms. The third kappa shape index (κ3) is 4.30. The Morgan fingerprint density at radius 1 is 1.15 bits per heavy atom. The van der Waals surface area contributed by atoms with Gasteiger partial charge in [0, 0.05) is 19.3 Å². The standard InChI is InChI=1S/C19H23FN6/c1-12-10-15(20)13(2)9-14(12)16-11-18(26-19(21)25-16)24-8-7-23-17-5-3-4-6-22-17/h3-6,9-11,16,24H,7-8H2,1-2H3,(H,22,23)(H3,21,25,26). The van der Waals surface area contributed by atoms with Crippen LogP contribution in [0.3, 0.4) is 0 Å². The second-order valence-electron chi connectivity index (χ2n) is 6.19. The predicted octanol–water partition coefficient (Wildman–Crippen LogP) is 2.34. The van der Waals surface area contributed by atoms with Crippen LogP contribution in [0.2, 0.25) is 0 Å². The van der Waals surface area contributed by atoms with Crippen LogP contribution in [-0.2, 0) is 0 Å². The lowest BCUT2D eigenvalue weighted by Crippen LogP contribution is -2.40. The van der Waals surface area contributed by atoms with Crippen LogP contribution in [0, 0.1) is 19.7 Å². The second-order valence-corrected chi connectivity index (χ2v) is 6.19. The number of nitrogens with zero attached hydrogens (tertiary/aromatic N) is 2. The molecule has 2 heterocycles. The van der Waals surface area contributed by atoms with Crippen LogP contribution in [0.4, 0.5) is 10.2 Å². The minimum Gasteiger partial charge on any atom is -0.370 e. The van der Waals surface area contributed by atoms with Crippen LogP contribution in [0.5, 0.6) is 0 Å². The monoisotopic (exact) mass is 354 g/mol. The molecule has 1 aromatic carbocycles. The first-order valence-corrected chi connectivity index (χ1v) is 8.50. The molecule has 0 amide bonds. The lowest BCUT2D eigenvalue weighted by molar-refractivity contribution is 0.615. The highest BCUT2D eigenvalue weighted by molar-refractivity contribution is 5.81. The molecule has 2 aromatic rings. The van der Waals surface area contributed by atoms with Crippen LogP contribution in [0.25, 0.3) is 0 Å². The molecule has 0 saturated heterocycles. The number of benzene rings is 1. The summed E-state index contributed by atoms with van der Waals surface area (Å²) < 4.78 is 13.7. The van der Waals surface area contributed by atoms with E-state index in [9.17, 15) is 4.39 Å². The maximum absolute atomic E-state index is 13.7. The van der Waals surface area contributed by atoms with E-state index in [1.165, 1.54) is 6.07 Å². The van der Waals surface area contributed by atoms with Crippen molar-refractivity contribution >= 4 is 11.8 Å². The molecule has 3 rings (SSSR count). The number of nitrogens with one attached hydrogen (secondary N) is 3. The summed E-state index contributed by atoms with van der Waals surface area (Å²) in [5, 5.41) is 9.54. The third-order valence-corrected chi connectivity index (χ3v) is 4.14. The highest BCUT2D eigenvalue weighted by Gasteiger charge is 2.18. The lowest BCUT2D eigenvalue weighted by Gasteiger charge is -2.23. The van der Waals surface area contributed by atoms with Gasteiger partial charge in [-0.25, -0.2) is 14.4 Å². The summed E-state index contributed by atoms with van der Waals surface area (Å²) in [7, 11) is 0. The molecule has 1 atom stereocenters. The molecule has 26 heavy (non-hydrogen) atoms. The molecule has 0 radical (unpaired) electrons. The summed E-state index contributed by atoms with van der Waals surface area (Å²) in [6, 6.07) is 8.84. The summed E-state index contributed by atoms with van der Waals surface area (Å²) in [5.74, 6) is 1.74. The average molecular weight is 354 g/mol. The van der Waals surface area contributed by atoms with Crippen LogP contribution >= 0.6 is 0 Å². The molecule has 5 N–H and O–H groups in total. The van der Waals surface area contributed by atoms with Crippen molar-refractivity contribution in [2.75, 3.05) is 18.4 Å². The van der Waals surface area contributed by atoms with E-state index in [0.717, 1.165) is 22.8 Å². The van der Waals surface area contributed by atoms with E-state index >= 15 is 0 Å². The van der Waals surface area contributed by atoms with Crippen LogP contribution < -0.4 is 21.7 Å². The van der Waals surface area contributed by atoms with Gasteiger partial charge in [0.2, 0.25) is 0 Å². The average Bonchev–Trinajstić information content (AvgIpc) is 2.62. The van der Waals surface area contributed by atoms with Gasteiger partial charge >= 0.3 is 0 Å². The Morgan fingerprint density at radius 3 is 2.73 bits per heavy atom. The summed E-state index contributed by atoms with van der Waals surface area (Å²) in [6.45, 7) is 5.01. The van der Waals surface area contributed by atoms with Gasteiger partial charge in [-0.3, -0.25) is 0 Å². The number of nitrogens with two attached hydrogens (primary N) is 1. The number of aromatic nitrogens is 1. The zero-order valence-corrected chi connectivity index (χ0v) is 14.9. The molecule has 6 nitrogen and oxygen atoms in total. The van der Waals surface area contributed by atoms with E-state index in [1.54, 1.807) is 13.1 Å². The largest absolute Gasteiger partial charge is 0.370 e. The Labute approximate surface area is 152 Å². The van der Waals surface area contributed by atoms with E-state index in [1.807, 2.05) is 37.3 Å². The first-order valence-electron chi connectivity index (χ1n) is 8.50. The van der Waals surface area contributed by atoms with Crippen molar-refractivity contribution in [3.05, 3.63) is 70.9 Å². The minimum absolute atomic E-state index is 0.208. The summed E-state index contributed by atoms with van der Waals surface area (Å²) in [6.07, 6.45) is 3.70. The van der Waals surface area contributed by atoms with Gasteiger partial charge in [0.15, 0.2) is 5.96 Å². The fraction of sp³-hybridized carbons (Fsp3) is 0.263. The smallest absolute Gasteiger partial charge is 0.195 e. The second kappa shape index (κ2) is 7.86. The SMILES string of the molecule is Cc1cc(C2C=C(NCCNc3ccccn3)NC(N)=N2)c(C)cc1F. The van der Waals surface area contributed by atoms with E-state index < -0.39 is 0 Å². The molecule has 1 aliphatic heterocycles. The predicted molar refractivity (Wildman–Crippen MR) is 102 cm³/mol. The van der Waals surface area contributed by atoms with Crippen molar-refractivity contribution in [3.63, 3.8) is 0 Å². The summed E-state index contributed by atoms with van der Waals surface area (Å²) in [5.41, 5.74) is 8.32. The molecule has 1 aliphatic rings. The van der Waals surface area contributed by atoms with Crippen molar-refractivity contribution in [2.45, 2.75) is 19.9 Å². The molecule has 7 heteroatoms. The van der Waals surface area contributed by atoms with Crippen molar-refractivity contribution in [2.24, 2.45) is 10.7 Å². The zero-order chi connectivity index (χ0) is 18.5. The van der Waals surface area contributed by atoms with Gasteiger partial charge in [0.1, 0.15) is 23.5 Å². The van der Waals surface area contributed by atoms with E-state index in [-0.39, 0.29) is 11.9 Å². The Balaban J connectivity index is 1.64. The van der Waals surface area contributed by atoms with Gasteiger partial charge in [-0.1, -0.05) is 12.1 Å². The Morgan fingerprint density at radius 2 is 1.96 bits per heavy atom. The summed E-state index contributed by atoms with van der Waals surface area (Å²) in [4.78, 5) is 8.64. The van der Waals surface area contributed by atoms with Crippen molar-refractivity contribution in [3.8, 4) is 0 Å².